The molecular formula is C12H20N4O2. The van der Waals surface area contributed by atoms with Crippen molar-refractivity contribution in [1.29, 1.82) is 0 Å². The van der Waals surface area contributed by atoms with Crippen LogP contribution >= 0.6 is 0 Å². The maximum absolute atomic E-state index is 5.46. The van der Waals surface area contributed by atoms with E-state index in [4.69, 9.17) is 9.47 Å². The molecule has 0 spiro atoms. The van der Waals surface area contributed by atoms with E-state index in [1.807, 2.05) is 0 Å². The van der Waals surface area contributed by atoms with Crippen molar-refractivity contribution in [3.8, 4) is 5.88 Å². The average Bonchev–Trinajstić information content (AvgIpc) is 2.44. The van der Waals surface area contributed by atoms with E-state index in [1.54, 1.807) is 12.3 Å². The number of hydrogen-bond donors (Lipinski definition) is 2. The van der Waals surface area contributed by atoms with Gasteiger partial charge < -0.3 is 20.1 Å². The van der Waals surface area contributed by atoms with Gasteiger partial charge in [-0.05, 0) is 6.42 Å². The van der Waals surface area contributed by atoms with Crippen molar-refractivity contribution in [2.45, 2.75) is 19.4 Å². The standard InChI is InChI=1S/C12H20N4O2/c1-2-6-18-11-3-4-14-12(16-11)15-8-10-9-17-7-5-13-10/h3-4,10,13H,2,5-9H2,1H3,(H,14,15,16). The molecule has 1 aliphatic rings. The van der Waals surface area contributed by atoms with Gasteiger partial charge in [-0.2, -0.15) is 4.98 Å². The Morgan fingerprint density at radius 3 is 3.33 bits per heavy atom. The van der Waals surface area contributed by atoms with Crippen molar-refractivity contribution >= 4 is 5.95 Å². The Hall–Kier alpha value is -1.40. The number of nitrogens with one attached hydrogen (secondary N) is 2. The largest absolute Gasteiger partial charge is 0.478 e. The minimum atomic E-state index is 0.308. The molecule has 0 saturated carbocycles. The van der Waals surface area contributed by atoms with Gasteiger partial charge in [-0.1, -0.05) is 6.92 Å². The first kappa shape index (κ1) is 13.0. The van der Waals surface area contributed by atoms with E-state index >= 15 is 0 Å². The van der Waals surface area contributed by atoms with Crippen LogP contribution < -0.4 is 15.4 Å². The lowest BCUT2D eigenvalue weighted by Crippen LogP contribution is -2.45. The smallest absolute Gasteiger partial charge is 0.225 e. The summed E-state index contributed by atoms with van der Waals surface area (Å²) in [5.74, 6) is 1.21. The fourth-order valence-electron chi connectivity index (χ4n) is 1.68. The first-order valence-electron chi connectivity index (χ1n) is 6.39. The highest BCUT2D eigenvalue weighted by molar-refractivity contribution is 5.27. The second kappa shape index (κ2) is 7.13. The van der Waals surface area contributed by atoms with Crippen molar-refractivity contribution in [2.75, 3.05) is 38.2 Å². The molecule has 0 radical (unpaired) electrons. The minimum Gasteiger partial charge on any atom is -0.478 e. The average molecular weight is 252 g/mol. The van der Waals surface area contributed by atoms with Crippen LogP contribution in [0.25, 0.3) is 0 Å². The Labute approximate surface area is 107 Å². The van der Waals surface area contributed by atoms with Crippen molar-refractivity contribution in [1.82, 2.24) is 15.3 Å². The quantitative estimate of drug-likeness (QED) is 0.775. The molecule has 0 aromatic carbocycles. The van der Waals surface area contributed by atoms with Gasteiger partial charge in [0.15, 0.2) is 0 Å². The van der Waals surface area contributed by atoms with E-state index in [-0.39, 0.29) is 0 Å². The fraction of sp³-hybridized carbons (Fsp3) is 0.667. The maximum Gasteiger partial charge on any atom is 0.225 e. The molecule has 1 aliphatic heterocycles. The molecule has 1 saturated heterocycles. The molecule has 2 rings (SSSR count). The molecule has 1 atom stereocenters. The Morgan fingerprint density at radius 1 is 1.61 bits per heavy atom. The van der Waals surface area contributed by atoms with Crippen molar-refractivity contribution < 1.29 is 9.47 Å². The highest BCUT2D eigenvalue weighted by atomic mass is 16.5. The highest BCUT2D eigenvalue weighted by Crippen LogP contribution is 2.08. The van der Waals surface area contributed by atoms with Crippen LogP contribution in [0.15, 0.2) is 12.3 Å². The van der Waals surface area contributed by atoms with E-state index in [9.17, 15) is 0 Å². The summed E-state index contributed by atoms with van der Waals surface area (Å²) in [6.07, 6.45) is 2.67. The van der Waals surface area contributed by atoms with Gasteiger partial charge in [-0.15, -0.1) is 0 Å². The first-order chi connectivity index (χ1) is 8.88. The second-order valence-electron chi connectivity index (χ2n) is 4.17. The number of aromatic nitrogens is 2. The summed E-state index contributed by atoms with van der Waals surface area (Å²) in [6.45, 7) is 5.89. The van der Waals surface area contributed by atoms with Crippen LogP contribution in [-0.4, -0.2) is 48.9 Å². The van der Waals surface area contributed by atoms with Gasteiger partial charge in [-0.3, -0.25) is 0 Å². The lowest BCUT2D eigenvalue weighted by molar-refractivity contribution is 0.0806. The van der Waals surface area contributed by atoms with Crippen LogP contribution in [0.5, 0.6) is 5.88 Å². The van der Waals surface area contributed by atoms with Crippen LogP contribution in [0.4, 0.5) is 5.95 Å². The zero-order valence-corrected chi connectivity index (χ0v) is 10.7. The molecule has 2 N–H and O–H groups in total. The molecule has 1 aromatic heterocycles. The van der Waals surface area contributed by atoms with E-state index < -0.39 is 0 Å². The first-order valence-corrected chi connectivity index (χ1v) is 6.39. The molecule has 1 unspecified atom stereocenters. The Bertz CT molecular complexity index is 356. The van der Waals surface area contributed by atoms with Gasteiger partial charge in [0, 0.05) is 31.4 Å². The number of hydrogen-bond acceptors (Lipinski definition) is 6. The molecule has 0 bridgehead atoms. The minimum absolute atomic E-state index is 0.308. The van der Waals surface area contributed by atoms with Crippen LogP contribution in [0.1, 0.15) is 13.3 Å². The summed E-state index contributed by atoms with van der Waals surface area (Å²) >= 11 is 0. The third-order valence-corrected chi connectivity index (χ3v) is 2.59. The summed E-state index contributed by atoms with van der Waals surface area (Å²) in [6, 6.07) is 2.07. The van der Waals surface area contributed by atoms with Crippen molar-refractivity contribution in [2.24, 2.45) is 0 Å². The summed E-state index contributed by atoms with van der Waals surface area (Å²) in [7, 11) is 0. The molecule has 0 aliphatic carbocycles. The molecule has 1 aromatic rings. The van der Waals surface area contributed by atoms with Gasteiger partial charge >= 0.3 is 0 Å². The van der Waals surface area contributed by atoms with Crippen LogP contribution in [0.3, 0.4) is 0 Å². The van der Waals surface area contributed by atoms with Crippen LogP contribution in [-0.2, 0) is 4.74 Å². The normalized spacial score (nSPS) is 19.5. The summed E-state index contributed by atoms with van der Waals surface area (Å²) in [4.78, 5) is 8.44. The molecule has 6 nitrogen and oxygen atoms in total. The molecule has 0 amide bonds. The van der Waals surface area contributed by atoms with Gasteiger partial charge in [0.2, 0.25) is 11.8 Å². The Morgan fingerprint density at radius 2 is 2.56 bits per heavy atom. The topological polar surface area (TPSA) is 68.3 Å². The van der Waals surface area contributed by atoms with Crippen molar-refractivity contribution in [3.05, 3.63) is 12.3 Å². The monoisotopic (exact) mass is 252 g/mol. The molecule has 1 fully saturated rings. The molecule has 18 heavy (non-hydrogen) atoms. The summed E-state index contributed by atoms with van der Waals surface area (Å²) in [5, 5.41) is 6.55. The van der Waals surface area contributed by atoms with Crippen LogP contribution in [0.2, 0.25) is 0 Å². The van der Waals surface area contributed by atoms with E-state index in [0.29, 0.717) is 24.5 Å². The molecular weight excluding hydrogens is 232 g/mol. The van der Waals surface area contributed by atoms with Gasteiger partial charge in [0.25, 0.3) is 0 Å². The lowest BCUT2D eigenvalue weighted by atomic mass is 10.3. The van der Waals surface area contributed by atoms with Gasteiger partial charge in [-0.25, -0.2) is 4.98 Å². The Kier molecular flexibility index (Phi) is 5.16. The second-order valence-corrected chi connectivity index (χ2v) is 4.17. The van der Waals surface area contributed by atoms with Crippen LogP contribution in [0, 0.1) is 0 Å². The predicted octanol–water partition coefficient (Wildman–Crippen LogP) is 0.666. The number of rotatable bonds is 6. The maximum atomic E-state index is 5.46. The van der Waals surface area contributed by atoms with E-state index in [2.05, 4.69) is 27.5 Å². The third kappa shape index (κ3) is 4.12. The Balaban J connectivity index is 1.80. The summed E-state index contributed by atoms with van der Waals surface area (Å²) in [5.41, 5.74) is 0. The summed E-state index contributed by atoms with van der Waals surface area (Å²) < 4.78 is 10.8. The number of ether oxygens (including phenoxy) is 2. The van der Waals surface area contributed by atoms with Crippen molar-refractivity contribution in [3.63, 3.8) is 0 Å². The number of nitrogens with zero attached hydrogens (tertiary/aromatic N) is 2. The lowest BCUT2D eigenvalue weighted by Gasteiger charge is -2.23. The predicted molar refractivity (Wildman–Crippen MR) is 68.9 cm³/mol. The SMILES string of the molecule is CCCOc1ccnc(NCC2COCCN2)n1. The number of anilines is 1. The van der Waals surface area contributed by atoms with Gasteiger partial charge in [0.1, 0.15) is 0 Å². The highest BCUT2D eigenvalue weighted by Gasteiger charge is 2.12. The number of morpholine rings is 1. The zero-order chi connectivity index (χ0) is 12.6. The fourth-order valence-corrected chi connectivity index (χ4v) is 1.68. The molecule has 100 valence electrons. The van der Waals surface area contributed by atoms with Gasteiger partial charge in [0.05, 0.1) is 19.8 Å². The zero-order valence-electron chi connectivity index (χ0n) is 10.7. The third-order valence-electron chi connectivity index (χ3n) is 2.59. The molecule has 6 heteroatoms. The van der Waals surface area contributed by atoms with E-state index in [1.165, 1.54) is 0 Å². The van der Waals surface area contributed by atoms with E-state index in [0.717, 1.165) is 32.7 Å². The molecule has 2 heterocycles.